The molecule has 0 bridgehead atoms. The molecule has 0 saturated carbocycles. The molecule has 0 heterocycles. The van der Waals surface area contributed by atoms with Gasteiger partial charge in [0.2, 0.25) is 0 Å². The number of methoxy groups -OCH3 is 1. The first-order valence-corrected chi connectivity index (χ1v) is 9.50. The molecule has 0 amide bonds. The SMILES string of the molecule is COc1ccc(N(C(=C(F)F)C(F)(F)F)[Si](C)(C)C)cc1. The molecule has 0 atom stereocenters. The van der Waals surface area contributed by atoms with E-state index in [9.17, 15) is 22.0 Å². The van der Waals surface area contributed by atoms with Gasteiger partial charge in [-0.05, 0) is 24.3 Å². The van der Waals surface area contributed by atoms with Crippen molar-refractivity contribution in [2.45, 2.75) is 25.8 Å². The van der Waals surface area contributed by atoms with Crippen LogP contribution in [0.25, 0.3) is 0 Å². The van der Waals surface area contributed by atoms with Crippen LogP contribution in [-0.2, 0) is 0 Å². The monoisotopic (exact) mass is 325 g/mol. The standard InChI is InChI=1S/C13H16F5NOSi/c1-20-10-7-5-9(6-8-10)19(21(2,3)4)11(12(14)15)13(16,17)18/h5-8H,1-4H3. The van der Waals surface area contributed by atoms with E-state index in [0.29, 0.717) is 10.3 Å². The van der Waals surface area contributed by atoms with Gasteiger partial charge < -0.3 is 9.30 Å². The molecule has 21 heavy (non-hydrogen) atoms. The fourth-order valence-electron chi connectivity index (χ4n) is 1.90. The Kier molecular flexibility index (Phi) is 5.03. The van der Waals surface area contributed by atoms with Gasteiger partial charge in [-0.25, -0.2) is 0 Å². The van der Waals surface area contributed by atoms with Crippen LogP contribution in [-0.4, -0.2) is 21.5 Å². The lowest BCUT2D eigenvalue weighted by Gasteiger charge is -2.38. The Bertz CT molecular complexity index is 515. The Balaban J connectivity index is 3.45. The van der Waals surface area contributed by atoms with E-state index in [0.717, 1.165) is 0 Å². The molecule has 118 valence electrons. The van der Waals surface area contributed by atoms with Crippen molar-refractivity contribution in [3.8, 4) is 5.75 Å². The van der Waals surface area contributed by atoms with Gasteiger partial charge in [0, 0.05) is 5.69 Å². The molecule has 0 unspecified atom stereocenters. The van der Waals surface area contributed by atoms with Crippen LogP contribution in [0.2, 0.25) is 19.6 Å². The van der Waals surface area contributed by atoms with Gasteiger partial charge in [-0.2, -0.15) is 22.0 Å². The van der Waals surface area contributed by atoms with E-state index in [1.54, 1.807) is 19.6 Å². The lowest BCUT2D eigenvalue weighted by Crippen LogP contribution is -2.49. The molecular formula is C13H16F5NOSi. The highest BCUT2D eigenvalue weighted by Gasteiger charge is 2.46. The fourth-order valence-corrected chi connectivity index (χ4v) is 3.71. The van der Waals surface area contributed by atoms with E-state index in [2.05, 4.69) is 0 Å². The summed E-state index contributed by atoms with van der Waals surface area (Å²) < 4.78 is 70.5. The van der Waals surface area contributed by atoms with Crippen LogP contribution in [0.4, 0.5) is 27.6 Å². The molecule has 0 spiro atoms. The molecule has 0 aliphatic heterocycles. The van der Waals surface area contributed by atoms with E-state index in [-0.39, 0.29) is 5.69 Å². The van der Waals surface area contributed by atoms with E-state index in [4.69, 9.17) is 4.74 Å². The summed E-state index contributed by atoms with van der Waals surface area (Å²) in [6.45, 7) is 4.68. The third-order valence-electron chi connectivity index (χ3n) is 2.67. The summed E-state index contributed by atoms with van der Waals surface area (Å²) in [4.78, 5) is 0. The van der Waals surface area contributed by atoms with Crippen molar-refractivity contribution in [1.82, 2.24) is 0 Å². The van der Waals surface area contributed by atoms with E-state index >= 15 is 0 Å². The zero-order chi connectivity index (χ0) is 16.4. The largest absolute Gasteiger partial charge is 0.497 e. The second kappa shape index (κ2) is 6.04. The molecule has 0 radical (unpaired) electrons. The number of alkyl halides is 3. The minimum absolute atomic E-state index is 0.0649. The Morgan fingerprint density at radius 3 is 1.81 bits per heavy atom. The van der Waals surface area contributed by atoms with Crippen LogP contribution in [0, 0.1) is 0 Å². The van der Waals surface area contributed by atoms with Crippen molar-refractivity contribution in [1.29, 1.82) is 0 Å². The smallest absolute Gasteiger partial charge is 0.436 e. The predicted molar refractivity (Wildman–Crippen MR) is 74.1 cm³/mol. The van der Waals surface area contributed by atoms with Crippen molar-refractivity contribution in [2.75, 3.05) is 11.7 Å². The number of hydrogen-bond donors (Lipinski definition) is 0. The van der Waals surface area contributed by atoms with Gasteiger partial charge in [0.1, 0.15) is 5.75 Å². The quantitative estimate of drug-likeness (QED) is 0.570. The summed E-state index contributed by atoms with van der Waals surface area (Å²) in [7, 11) is -1.35. The zero-order valence-electron chi connectivity index (χ0n) is 12.1. The van der Waals surface area contributed by atoms with Gasteiger partial charge in [0.05, 0.1) is 7.11 Å². The third-order valence-corrected chi connectivity index (χ3v) is 4.50. The van der Waals surface area contributed by atoms with E-state index < -0.39 is 26.2 Å². The number of nitrogens with zero attached hydrogens (tertiary/aromatic N) is 1. The fraction of sp³-hybridized carbons (Fsp3) is 0.385. The Morgan fingerprint density at radius 2 is 1.52 bits per heavy atom. The minimum atomic E-state index is -5.13. The molecule has 1 rings (SSSR count). The van der Waals surface area contributed by atoms with Crippen LogP contribution in [0.1, 0.15) is 0 Å². The van der Waals surface area contributed by atoms with Crippen molar-refractivity contribution in [3.63, 3.8) is 0 Å². The summed E-state index contributed by atoms with van der Waals surface area (Å²) in [6, 6.07) is 5.55. The third kappa shape index (κ3) is 4.20. The Labute approximate surface area is 120 Å². The van der Waals surface area contributed by atoms with Gasteiger partial charge in [-0.15, -0.1) is 0 Å². The molecule has 0 aromatic heterocycles. The van der Waals surface area contributed by atoms with Crippen LogP contribution in [0.15, 0.2) is 36.0 Å². The zero-order valence-corrected chi connectivity index (χ0v) is 13.1. The highest BCUT2D eigenvalue weighted by molar-refractivity contribution is 6.80. The predicted octanol–water partition coefficient (Wildman–Crippen LogP) is 5.01. The number of hydrogen-bond acceptors (Lipinski definition) is 2. The first kappa shape index (κ1) is 17.5. The molecule has 0 saturated heterocycles. The molecule has 8 heteroatoms. The van der Waals surface area contributed by atoms with Crippen molar-refractivity contribution in [2.24, 2.45) is 0 Å². The number of benzene rings is 1. The first-order chi connectivity index (χ1) is 9.48. The maximum atomic E-state index is 13.0. The summed E-state index contributed by atoms with van der Waals surface area (Å²) in [5.41, 5.74) is -1.83. The number of halogens is 5. The van der Waals surface area contributed by atoms with Crippen LogP contribution in [0.5, 0.6) is 5.75 Å². The molecule has 1 aromatic rings. The van der Waals surface area contributed by atoms with Gasteiger partial charge in [0.25, 0.3) is 6.08 Å². The lowest BCUT2D eigenvalue weighted by molar-refractivity contribution is -0.0956. The average molecular weight is 325 g/mol. The number of ether oxygens (including phenoxy) is 1. The maximum absolute atomic E-state index is 13.0. The highest BCUT2D eigenvalue weighted by Crippen LogP contribution is 2.38. The topological polar surface area (TPSA) is 12.5 Å². The molecule has 0 fully saturated rings. The summed E-state index contributed by atoms with van der Waals surface area (Å²) in [5, 5.41) is 0. The number of rotatable bonds is 4. The molecule has 0 aliphatic rings. The van der Waals surface area contributed by atoms with Gasteiger partial charge in [0.15, 0.2) is 13.9 Å². The second-order valence-corrected chi connectivity index (χ2v) is 10.1. The van der Waals surface area contributed by atoms with Gasteiger partial charge in [-0.3, -0.25) is 0 Å². The molecular weight excluding hydrogens is 309 g/mol. The Hall–Kier alpha value is -1.57. The van der Waals surface area contributed by atoms with Crippen molar-refractivity contribution in [3.05, 3.63) is 36.0 Å². The van der Waals surface area contributed by atoms with Crippen molar-refractivity contribution < 1.29 is 26.7 Å². The maximum Gasteiger partial charge on any atom is 0.436 e. The number of allylic oxidation sites excluding steroid dienone is 1. The molecule has 0 N–H and O–H groups in total. The summed E-state index contributed by atoms with van der Waals surface area (Å²) in [5.74, 6) is 0.438. The van der Waals surface area contributed by atoms with Crippen LogP contribution in [0.3, 0.4) is 0 Å². The molecule has 1 aromatic carbocycles. The molecule has 0 aliphatic carbocycles. The van der Waals surface area contributed by atoms with Gasteiger partial charge >= 0.3 is 6.18 Å². The average Bonchev–Trinajstić information content (AvgIpc) is 2.32. The van der Waals surface area contributed by atoms with Gasteiger partial charge in [-0.1, -0.05) is 19.6 Å². The Morgan fingerprint density at radius 1 is 1.05 bits per heavy atom. The van der Waals surface area contributed by atoms with Crippen LogP contribution >= 0.6 is 0 Å². The van der Waals surface area contributed by atoms with E-state index in [1.165, 1.54) is 31.4 Å². The highest BCUT2D eigenvalue weighted by atomic mass is 28.3. The summed E-state index contributed by atoms with van der Waals surface area (Å²) >= 11 is 0. The summed E-state index contributed by atoms with van der Waals surface area (Å²) in [6.07, 6.45) is -7.86. The van der Waals surface area contributed by atoms with Crippen LogP contribution < -0.4 is 9.30 Å². The van der Waals surface area contributed by atoms with Crippen molar-refractivity contribution >= 4 is 13.9 Å². The second-order valence-electron chi connectivity index (χ2n) is 5.31. The minimum Gasteiger partial charge on any atom is -0.497 e. The normalized spacial score (nSPS) is 12.0. The number of anilines is 1. The lowest BCUT2D eigenvalue weighted by atomic mass is 10.3. The van der Waals surface area contributed by atoms with E-state index in [1.807, 2.05) is 0 Å². The first-order valence-electron chi connectivity index (χ1n) is 6.05. The molecule has 2 nitrogen and oxygen atoms in total.